The zero-order chi connectivity index (χ0) is 18.0. The standard InChI is InChI=1S/C17H17N5O2S/c1-9(15-10(2)25-11(3)21-15)20-17-19-7-5-13(22-17)14-8-12(16(23)24)4-6-18-14/h4-9H,1-3H3,(H,23,24)(H,19,20,22). The van der Waals surface area contributed by atoms with E-state index in [0.29, 0.717) is 17.3 Å². The largest absolute Gasteiger partial charge is 0.478 e. The van der Waals surface area contributed by atoms with Crippen LogP contribution >= 0.6 is 11.3 Å². The summed E-state index contributed by atoms with van der Waals surface area (Å²) in [5, 5.41) is 13.4. The zero-order valence-electron chi connectivity index (χ0n) is 14.0. The van der Waals surface area contributed by atoms with Crippen LogP contribution in [0.25, 0.3) is 11.4 Å². The van der Waals surface area contributed by atoms with E-state index >= 15 is 0 Å². The van der Waals surface area contributed by atoms with Crippen LogP contribution in [-0.2, 0) is 0 Å². The van der Waals surface area contributed by atoms with Gasteiger partial charge in [-0.1, -0.05) is 0 Å². The van der Waals surface area contributed by atoms with Crippen molar-refractivity contribution < 1.29 is 9.90 Å². The first kappa shape index (κ1) is 17.0. The number of thiazole rings is 1. The van der Waals surface area contributed by atoms with E-state index in [1.807, 2.05) is 20.8 Å². The summed E-state index contributed by atoms with van der Waals surface area (Å²) < 4.78 is 0. The van der Waals surface area contributed by atoms with Crippen molar-refractivity contribution in [3.05, 3.63) is 51.7 Å². The fourth-order valence-corrected chi connectivity index (χ4v) is 3.40. The van der Waals surface area contributed by atoms with Gasteiger partial charge in [0.15, 0.2) is 0 Å². The lowest BCUT2D eigenvalue weighted by Gasteiger charge is -2.13. The van der Waals surface area contributed by atoms with Gasteiger partial charge in [0, 0.05) is 17.3 Å². The highest BCUT2D eigenvalue weighted by atomic mass is 32.1. The molecule has 0 radical (unpaired) electrons. The van der Waals surface area contributed by atoms with Crippen molar-refractivity contribution in [2.24, 2.45) is 0 Å². The maximum Gasteiger partial charge on any atom is 0.335 e. The summed E-state index contributed by atoms with van der Waals surface area (Å²) in [5.41, 5.74) is 2.18. The van der Waals surface area contributed by atoms with Gasteiger partial charge in [-0.05, 0) is 39.0 Å². The molecule has 0 amide bonds. The molecule has 0 aromatic carbocycles. The summed E-state index contributed by atoms with van der Waals surface area (Å²) in [6.45, 7) is 6.02. The predicted molar refractivity (Wildman–Crippen MR) is 95.8 cm³/mol. The second kappa shape index (κ2) is 6.94. The lowest BCUT2D eigenvalue weighted by atomic mass is 10.2. The molecule has 0 aliphatic carbocycles. The molecule has 2 N–H and O–H groups in total. The Morgan fingerprint density at radius 3 is 2.60 bits per heavy atom. The second-order valence-electron chi connectivity index (χ2n) is 5.54. The van der Waals surface area contributed by atoms with E-state index in [9.17, 15) is 4.79 Å². The van der Waals surface area contributed by atoms with Gasteiger partial charge in [0.25, 0.3) is 0 Å². The van der Waals surface area contributed by atoms with Crippen molar-refractivity contribution in [3.63, 3.8) is 0 Å². The van der Waals surface area contributed by atoms with Gasteiger partial charge >= 0.3 is 5.97 Å². The number of carbonyl (C=O) groups is 1. The summed E-state index contributed by atoms with van der Waals surface area (Å²) in [6.07, 6.45) is 3.07. The molecule has 0 aliphatic heterocycles. The van der Waals surface area contributed by atoms with Crippen LogP contribution in [0.1, 0.15) is 38.9 Å². The van der Waals surface area contributed by atoms with E-state index in [0.717, 1.165) is 15.6 Å². The summed E-state index contributed by atoms with van der Waals surface area (Å²) >= 11 is 1.65. The normalized spacial score (nSPS) is 12.0. The van der Waals surface area contributed by atoms with Crippen molar-refractivity contribution in [1.29, 1.82) is 0 Å². The quantitative estimate of drug-likeness (QED) is 0.722. The molecule has 8 heteroatoms. The summed E-state index contributed by atoms with van der Waals surface area (Å²) in [5.74, 6) is -0.559. The topological polar surface area (TPSA) is 101 Å². The molecule has 0 bridgehead atoms. The fraction of sp³-hybridized carbons (Fsp3) is 0.235. The first-order valence-electron chi connectivity index (χ1n) is 7.67. The molecule has 25 heavy (non-hydrogen) atoms. The Morgan fingerprint density at radius 2 is 1.92 bits per heavy atom. The number of hydrogen-bond acceptors (Lipinski definition) is 7. The number of rotatable bonds is 5. The molecular weight excluding hydrogens is 338 g/mol. The third-order valence-electron chi connectivity index (χ3n) is 3.62. The summed E-state index contributed by atoms with van der Waals surface area (Å²) in [4.78, 5) is 29.7. The third kappa shape index (κ3) is 3.80. The Bertz CT molecular complexity index is 925. The lowest BCUT2D eigenvalue weighted by molar-refractivity contribution is 0.0697. The molecule has 0 aliphatic rings. The van der Waals surface area contributed by atoms with Crippen LogP contribution in [-0.4, -0.2) is 31.0 Å². The van der Waals surface area contributed by atoms with Gasteiger partial charge < -0.3 is 10.4 Å². The van der Waals surface area contributed by atoms with Crippen LogP contribution in [0, 0.1) is 13.8 Å². The lowest BCUT2D eigenvalue weighted by Crippen LogP contribution is -2.11. The number of nitrogens with zero attached hydrogens (tertiary/aromatic N) is 4. The highest BCUT2D eigenvalue weighted by molar-refractivity contribution is 7.11. The van der Waals surface area contributed by atoms with Gasteiger partial charge in [0.2, 0.25) is 5.95 Å². The van der Waals surface area contributed by atoms with E-state index in [1.54, 1.807) is 23.6 Å². The molecule has 0 spiro atoms. The van der Waals surface area contributed by atoms with Crippen molar-refractivity contribution in [1.82, 2.24) is 19.9 Å². The van der Waals surface area contributed by atoms with Gasteiger partial charge in [-0.15, -0.1) is 11.3 Å². The van der Waals surface area contributed by atoms with Gasteiger partial charge in [-0.3, -0.25) is 4.98 Å². The molecule has 7 nitrogen and oxygen atoms in total. The average molecular weight is 355 g/mol. The SMILES string of the molecule is Cc1nc(C(C)Nc2nccc(-c3cc(C(=O)O)ccn3)n2)c(C)s1. The molecule has 1 unspecified atom stereocenters. The molecule has 1 atom stereocenters. The van der Waals surface area contributed by atoms with E-state index in [-0.39, 0.29) is 11.6 Å². The fourth-order valence-electron chi connectivity index (χ4n) is 2.48. The number of aromatic nitrogens is 4. The van der Waals surface area contributed by atoms with Crippen LogP contribution in [0.3, 0.4) is 0 Å². The molecule has 3 heterocycles. The molecule has 3 aromatic heterocycles. The number of pyridine rings is 1. The minimum absolute atomic E-state index is 0.0430. The molecule has 0 saturated carbocycles. The van der Waals surface area contributed by atoms with Crippen LogP contribution in [0.2, 0.25) is 0 Å². The second-order valence-corrected chi connectivity index (χ2v) is 6.95. The predicted octanol–water partition coefficient (Wildman–Crippen LogP) is 3.48. The molecule has 3 rings (SSSR count). The smallest absolute Gasteiger partial charge is 0.335 e. The van der Waals surface area contributed by atoms with Gasteiger partial charge in [-0.2, -0.15) is 0 Å². The van der Waals surface area contributed by atoms with Gasteiger partial charge in [-0.25, -0.2) is 19.7 Å². The molecular formula is C17H17N5O2S. The van der Waals surface area contributed by atoms with E-state index < -0.39 is 5.97 Å². The number of carboxylic acids is 1. The Kier molecular flexibility index (Phi) is 4.71. The number of anilines is 1. The Balaban J connectivity index is 1.85. The van der Waals surface area contributed by atoms with E-state index in [4.69, 9.17) is 5.11 Å². The van der Waals surface area contributed by atoms with E-state index in [2.05, 4.69) is 25.3 Å². The van der Waals surface area contributed by atoms with Crippen molar-refractivity contribution in [2.75, 3.05) is 5.32 Å². The maximum absolute atomic E-state index is 11.1. The maximum atomic E-state index is 11.1. The number of nitrogens with one attached hydrogen (secondary N) is 1. The highest BCUT2D eigenvalue weighted by Gasteiger charge is 2.15. The average Bonchev–Trinajstić information content (AvgIpc) is 2.94. The minimum atomic E-state index is -1.00. The number of aryl methyl sites for hydroxylation is 2. The first-order valence-corrected chi connectivity index (χ1v) is 8.49. The first-order chi connectivity index (χ1) is 11.9. The summed E-state index contributed by atoms with van der Waals surface area (Å²) in [7, 11) is 0. The Labute approximate surface area is 148 Å². The number of carboxylic acid groups (broad SMARTS) is 1. The van der Waals surface area contributed by atoms with Crippen molar-refractivity contribution >= 4 is 23.3 Å². The van der Waals surface area contributed by atoms with E-state index in [1.165, 1.54) is 18.3 Å². The van der Waals surface area contributed by atoms with Crippen LogP contribution in [0.15, 0.2) is 30.6 Å². The number of hydrogen-bond donors (Lipinski definition) is 2. The van der Waals surface area contributed by atoms with Crippen LogP contribution in [0.4, 0.5) is 5.95 Å². The Morgan fingerprint density at radius 1 is 1.16 bits per heavy atom. The van der Waals surface area contributed by atoms with Gasteiger partial charge in [0.05, 0.1) is 33.7 Å². The molecule has 0 fully saturated rings. The minimum Gasteiger partial charge on any atom is -0.478 e. The molecule has 0 saturated heterocycles. The van der Waals surface area contributed by atoms with Crippen LogP contribution < -0.4 is 5.32 Å². The summed E-state index contributed by atoms with van der Waals surface area (Å²) in [6, 6.07) is 4.59. The zero-order valence-corrected chi connectivity index (χ0v) is 14.8. The molecule has 128 valence electrons. The monoisotopic (exact) mass is 355 g/mol. The van der Waals surface area contributed by atoms with Crippen molar-refractivity contribution in [3.8, 4) is 11.4 Å². The van der Waals surface area contributed by atoms with Gasteiger partial charge in [0.1, 0.15) is 0 Å². The third-order valence-corrected chi connectivity index (χ3v) is 4.52. The Hall–Kier alpha value is -2.87. The van der Waals surface area contributed by atoms with Crippen LogP contribution in [0.5, 0.6) is 0 Å². The highest BCUT2D eigenvalue weighted by Crippen LogP contribution is 2.25. The van der Waals surface area contributed by atoms with Crippen molar-refractivity contribution in [2.45, 2.75) is 26.8 Å². The number of aromatic carboxylic acids is 1. The molecule has 3 aromatic rings.